The number of hydrogen-bond acceptors (Lipinski definition) is 1. The van der Waals surface area contributed by atoms with Gasteiger partial charge in [-0.15, -0.1) is 0 Å². The average Bonchev–Trinajstić information content (AvgIpc) is 2.21. The van der Waals surface area contributed by atoms with Gasteiger partial charge in [0.15, 0.2) is 0 Å². The molecule has 0 amide bonds. The van der Waals surface area contributed by atoms with Gasteiger partial charge < -0.3 is 0 Å². The fourth-order valence-electron chi connectivity index (χ4n) is 1.07. The maximum atomic E-state index is 8.26. The van der Waals surface area contributed by atoms with E-state index in [4.69, 9.17) is 5.26 Å². The van der Waals surface area contributed by atoms with Crippen molar-refractivity contribution in [3.63, 3.8) is 0 Å². The van der Waals surface area contributed by atoms with Crippen LogP contribution in [0.2, 0.25) is 0 Å². The first-order chi connectivity index (χ1) is 6.91. The Morgan fingerprint density at radius 2 is 1.64 bits per heavy atom. The summed E-state index contributed by atoms with van der Waals surface area (Å²) >= 11 is 0. The molecule has 0 aliphatic rings. The highest BCUT2D eigenvalue weighted by atomic mass is 14.2. The predicted molar refractivity (Wildman–Crippen MR) is 61.8 cm³/mol. The Kier molecular flexibility index (Phi) is 10.6. The standard InChI is InChI=1S/C13H19N/c1-2-3-4-5-6-7-8-9-10-11-12-13-14/h2-3,8-11H,4-7,12H2,1H3/b3-2+,9-8+,11-10+. The second-order valence-electron chi connectivity index (χ2n) is 3.07. The normalized spacial score (nSPS) is 11.7. The van der Waals surface area contributed by atoms with Crippen molar-refractivity contribution in [3.05, 3.63) is 36.5 Å². The molecule has 1 nitrogen and oxygen atoms in total. The Morgan fingerprint density at radius 3 is 2.29 bits per heavy atom. The highest BCUT2D eigenvalue weighted by molar-refractivity contribution is 5.04. The van der Waals surface area contributed by atoms with Crippen LogP contribution in [0.5, 0.6) is 0 Å². The summed E-state index contributed by atoms with van der Waals surface area (Å²) in [5.41, 5.74) is 0. The van der Waals surface area contributed by atoms with Crippen LogP contribution in [-0.4, -0.2) is 0 Å². The van der Waals surface area contributed by atoms with Gasteiger partial charge in [-0.3, -0.25) is 0 Å². The maximum absolute atomic E-state index is 8.26. The molecule has 0 saturated heterocycles. The van der Waals surface area contributed by atoms with Crippen LogP contribution in [0.4, 0.5) is 0 Å². The van der Waals surface area contributed by atoms with Crippen molar-refractivity contribution in [2.45, 2.75) is 39.0 Å². The van der Waals surface area contributed by atoms with Crippen LogP contribution in [0.25, 0.3) is 0 Å². The molecule has 0 rings (SSSR count). The zero-order chi connectivity index (χ0) is 10.5. The van der Waals surface area contributed by atoms with Crippen molar-refractivity contribution in [2.75, 3.05) is 0 Å². The lowest BCUT2D eigenvalue weighted by Crippen LogP contribution is -1.71. The minimum absolute atomic E-state index is 0.506. The summed E-state index contributed by atoms with van der Waals surface area (Å²) in [6.45, 7) is 2.06. The molecule has 76 valence electrons. The van der Waals surface area contributed by atoms with Gasteiger partial charge in [0.1, 0.15) is 0 Å². The van der Waals surface area contributed by atoms with E-state index in [-0.39, 0.29) is 0 Å². The van der Waals surface area contributed by atoms with E-state index < -0.39 is 0 Å². The van der Waals surface area contributed by atoms with E-state index in [1.165, 1.54) is 19.3 Å². The molecule has 0 unspecified atom stereocenters. The Morgan fingerprint density at radius 1 is 1.00 bits per heavy atom. The van der Waals surface area contributed by atoms with E-state index in [2.05, 4.69) is 31.2 Å². The second kappa shape index (κ2) is 11.7. The molecular formula is C13H19N. The molecule has 0 aromatic rings. The lowest BCUT2D eigenvalue weighted by Gasteiger charge is -1.91. The quantitative estimate of drug-likeness (QED) is 0.335. The zero-order valence-corrected chi connectivity index (χ0v) is 8.95. The van der Waals surface area contributed by atoms with Crippen molar-refractivity contribution in [1.82, 2.24) is 0 Å². The van der Waals surface area contributed by atoms with Gasteiger partial charge in [-0.2, -0.15) is 5.26 Å². The molecule has 0 saturated carbocycles. The van der Waals surface area contributed by atoms with Gasteiger partial charge in [-0.05, 0) is 32.6 Å². The van der Waals surface area contributed by atoms with E-state index in [1.54, 1.807) is 0 Å². The Hall–Kier alpha value is -1.29. The molecule has 0 N–H and O–H groups in total. The molecule has 0 aliphatic carbocycles. The first-order valence-electron chi connectivity index (χ1n) is 5.21. The van der Waals surface area contributed by atoms with E-state index >= 15 is 0 Å². The summed E-state index contributed by atoms with van der Waals surface area (Å²) < 4.78 is 0. The zero-order valence-electron chi connectivity index (χ0n) is 8.95. The van der Waals surface area contributed by atoms with Crippen LogP contribution in [0.3, 0.4) is 0 Å². The monoisotopic (exact) mass is 189 g/mol. The minimum atomic E-state index is 0.506. The fourth-order valence-corrected chi connectivity index (χ4v) is 1.07. The van der Waals surface area contributed by atoms with Gasteiger partial charge in [0.25, 0.3) is 0 Å². The first-order valence-corrected chi connectivity index (χ1v) is 5.21. The molecule has 0 aromatic carbocycles. The average molecular weight is 189 g/mol. The third kappa shape index (κ3) is 10.7. The van der Waals surface area contributed by atoms with E-state index in [0.29, 0.717) is 6.42 Å². The van der Waals surface area contributed by atoms with E-state index in [0.717, 1.165) is 6.42 Å². The van der Waals surface area contributed by atoms with Gasteiger partial charge >= 0.3 is 0 Å². The molecule has 0 fully saturated rings. The number of rotatable bonds is 7. The summed E-state index contributed by atoms with van der Waals surface area (Å²) in [7, 11) is 0. The number of unbranched alkanes of at least 4 members (excludes halogenated alkanes) is 3. The van der Waals surface area contributed by atoms with Gasteiger partial charge in [0.2, 0.25) is 0 Å². The third-order valence-corrected chi connectivity index (χ3v) is 1.82. The number of hydrogen-bond donors (Lipinski definition) is 0. The van der Waals surface area contributed by atoms with Crippen molar-refractivity contribution < 1.29 is 0 Å². The van der Waals surface area contributed by atoms with Crippen LogP contribution < -0.4 is 0 Å². The molecule has 1 heteroatoms. The molecule has 0 atom stereocenters. The predicted octanol–water partition coefficient (Wildman–Crippen LogP) is 4.15. The lowest BCUT2D eigenvalue weighted by atomic mass is 10.2. The molecular weight excluding hydrogens is 170 g/mol. The first kappa shape index (κ1) is 12.7. The van der Waals surface area contributed by atoms with Gasteiger partial charge in [-0.25, -0.2) is 0 Å². The number of allylic oxidation sites excluding steroid dienone is 6. The summed E-state index contributed by atoms with van der Waals surface area (Å²) in [6, 6.07) is 2.06. The molecule has 0 bridgehead atoms. The minimum Gasteiger partial charge on any atom is -0.198 e. The molecule has 0 heterocycles. The van der Waals surface area contributed by atoms with Gasteiger partial charge in [0, 0.05) is 0 Å². The summed E-state index contributed by atoms with van der Waals surface area (Å²) in [5, 5.41) is 8.26. The van der Waals surface area contributed by atoms with Crippen molar-refractivity contribution >= 4 is 0 Å². The van der Waals surface area contributed by atoms with Crippen LogP contribution >= 0.6 is 0 Å². The Labute approximate surface area is 87.4 Å². The van der Waals surface area contributed by atoms with Crippen LogP contribution in [0, 0.1) is 11.3 Å². The number of nitriles is 1. The Balaban J connectivity index is 3.23. The topological polar surface area (TPSA) is 23.8 Å². The van der Waals surface area contributed by atoms with Crippen LogP contribution in [0.15, 0.2) is 36.5 Å². The molecule has 0 aromatic heterocycles. The summed E-state index contributed by atoms with van der Waals surface area (Å²) in [6.07, 6.45) is 17.6. The van der Waals surface area contributed by atoms with Crippen LogP contribution in [-0.2, 0) is 0 Å². The highest BCUT2D eigenvalue weighted by Gasteiger charge is 1.81. The second-order valence-corrected chi connectivity index (χ2v) is 3.07. The largest absolute Gasteiger partial charge is 0.198 e. The summed E-state index contributed by atoms with van der Waals surface area (Å²) in [5.74, 6) is 0. The molecule has 0 spiro atoms. The molecule has 0 radical (unpaired) electrons. The lowest BCUT2D eigenvalue weighted by molar-refractivity contribution is 0.762. The highest BCUT2D eigenvalue weighted by Crippen LogP contribution is 2.01. The van der Waals surface area contributed by atoms with Crippen molar-refractivity contribution in [1.29, 1.82) is 5.26 Å². The van der Waals surface area contributed by atoms with Crippen molar-refractivity contribution in [2.24, 2.45) is 0 Å². The van der Waals surface area contributed by atoms with Crippen molar-refractivity contribution in [3.8, 4) is 6.07 Å². The molecule has 14 heavy (non-hydrogen) atoms. The van der Waals surface area contributed by atoms with Gasteiger partial charge in [-0.1, -0.05) is 36.5 Å². The Bertz CT molecular complexity index is 228. The SMILES string of the molecule is C/C=C/CCCC/C=C/C=C/CC#N. The summed E-state index contributed by atoms with van der Waals surface area (Å²) in [4.78, 5) is 0. The van der Waals surface area contributed by atoms with E-state index in [9.17, 15) is 0 Å². The number of nitrogens with zero attached hydrogens (tertiary/aromatic N) is 1. The maximum Gasteiger partial charge on any atom is 0.0663 e. The molecule has 0 aliphatic heterocycles. The van der Waals surface area contributed by atoms with E-state index in [1.807, 2.05) is 18.2 Å². The third-order valence-electron chi connectivity index (χ3n) is 1.82. The fraction of sp³-hybridized carbons (Fsp3) is 0.462. The van der Waals surface area contributed by atoms with Crippen LogP contribution in [0.1, 0.15) is 39.0 Å². The van der Waals surface area contributed by atoms with Gasteiger partial charge in [0.05, 0.1) is 12.5 Å². The smallest absolute Gasteiger partial charge is 0.0663 e.